The molecule has 1 N–H and O–H groups in total. The lowest BCUT2D eigenvalue weighted by atomic mass is 10.2. The molecule has 0 bridgehead atoms. The standard InChI is InChI=1S/C19H14BrClFNO3/c20-13-3-7-17(16(21)9-13)25-11-15-6-8-18(26-15)19(24)23-10-12-1-4-14(22)5-2-12/h1-9H,10-11H2,(H,23,24). The number of benzene rings is 2. The quantitative estimate of drug-likeness (QED) is 0.565. The van der Waals surface area contributed by atoms with Gasteiger partial charge in [0.2, 0.25) is 0 Å². The Bertz CT molecular complexity index is 911. The molecule has 0 aliphatic carbocycles. The van der Waals surface area contributed by atoms with E-state index in [0.717, 1.165) is 10.0 Å². The highest BCUT2D eigenvalue weighted by molar-refractivity contribution is 9.10. The Morgan fingerprint density at radius 2 is 1.92 bits per heavy atom. The fraction of sp³-hybridized carbons (Fsp3) is 0.105. The minimum Gasteiger partial charge on any atom is -0.484 e. The lowest BCUT2D eigenvalue weighted by Gasteiger charge is -2.06. The molecule has 0 fully saturated rings. The molecule has 0 unspecified atom stereocenters. The van der Waals surface area contributed by atoms with Gasteiger partial charge in [0.1, 0.15) is 23.9 Å². The van der Waals surface area contributed by atoms with Crippen molar-refractivity contribution >= 4 is 33.4 Å². The van der Waals surface area contributed by atoms with Gasteiger partial charge in [-0.2, -0.15) is 0 Å². The first-order valence-corrected chi connectivity index (χ1v) is 8.87. The molecule has 3 rings (SSSR count). The SMILES string of the molecule is O=C(NCc1ccc(F)cc1)c1ccc(COc2ccc(Br)cc2Cl)o1. The number of hydrogen-bond acceptors (Lipinski definition) is 3. The van der Waals surface area contributed by atoms with Gasteiger partial charge in [-0.1, -0.05) is 39.7 Å². The first-order valence-electron chi connectivity index (χ1n) is 7.70. The van der Waals surface area contributed by atoms with Crippen molar-refractivity contribution in [2.75, 3.05) is 0 Å². The van der Waals surface area contributed by atoms with Crippen LogP contribution in [0.3, 0.4) is 0 Å². The van der Waals surface area contributed by atoms with Crippen LogP contribution in [0.1, 0.15) is 21.9 Å². The number of nitrogens with one attached hydrogen (secondary N) is 1. The normalized spacial score (nSPS) is 10.6. The maximum atomic E-state index is 12.9. The zero-order chi connectivity index (χ0) is 18.5. The molecular formula is C19H14BrClFNO3. The van der Waals surface area contributed by atoms with E-state index in [4.69, 9.17) is 20.8 Å². The summed E-state index contributed by atoms with van der Waals surface area (Å²) in [7, 11) is 0. The van der Waals surface area contributed by atoms with Gasteiger partial charge in [-0.3, -0.25) is 4.79 Å². The van der Waals surface area contributed by atoms with Gasteiger partial charge in [0.15, 0.2) is 5.76 Å². The average molecular weight is 439 g/mol. The number of hydrogen-bond donors (Lipinski definition) is 1. The van der Waals surface area contributed by atoms with E-state index in [9.17, 15) is 9.18 Å². The van der Waals surface area contributed by atoms with Crippen molar-refractivity contribution in [1.29, 1.82) is 0 Å². The monoisotopic (exact) mass is 437 g/mol. The van der Waals surface area contributed by atoms with Crippen LogP contribution in [0.5, 0.6) is 5.75 Å². The molecule has 1 heterocycles. The highest BCUT2D eigenvalue weighted by Crippen LogP contribution is 2.28. The van der Waals surface area contributed by atoms with Crippen LogP contribution in [-0.2, 0) is 13.2 Å². The zero-order valence-electron chi connectivity index (χ0n) is 13.5. The van der Waals surface area contributed by atoms with Crippen molar-refractivity contribution < 1.29 is 18.3 Å². The predicted molar refractivity (Wildman–Crippen MR) is 99.8 cm³/mol. The zero-order valence-corrected chi connectivity index (χ0v) is 15.8. The molecule has 0 atom stereocenters. The second kappa shape index (κ2) is 8.38. The first kappa shape index (κ1) is 18.5. The summed E-state index contributed by atoms with van der Waals surface area (Å²) in [4.78, 5) is 12.1. The van der Waals surface area contributed by atoms with Crippen molar-refractivity contribution in [3.63, 3.8) is 0 Å². The highest BCUT2D eigenvalue weighted by atomic mass is 79.9. The number of halogens is 3. The van der Waals surface area contributed by atoms with Crippen LogP contribution in [0.25, 0.3) is 0 Å². The molecule has 7 heteroatoms. The third-order valence-corrected chi connectivity index (χ3v) is 4.30. The minimum absolute atomic E-state index is 0.145. The highest BCUT2D eigenvalue weighted by Gasteiger charge is 2.12. The molecule has 0 saturated carbocycles. The van der Waals surface area contributed by atoms with Crippen LogP contribution in [-0.4, -0.2) is 5.91 Å². The van der Waals surface area contributed by atoms with Crippen molar-refractivity contribution in [3.8, 4) is 5.75 Å². The summed E-state index contributed by atoms with van der Waals surface area (Å²) in [5, 5.41) is 3.19. The molecular weight excluding hydrogens is 425 g/mol. The van der Waals surface area contributed by atoms with E-state index < -0.39 is 0 Å². The second-order valence-electron chi connectivity index (χ2n) is 5.44. The Labute approximate surface area is 163 Å². The van der Waals surface area contributed by atoms with Crippen LogP contribution in [0.15, 0.2) is 63.5 Å². The van der Waals surface area contributed by atoms with E-state index in [0.29, 0.717) is 16.5 Å². The third-order valence-electron chi connectivity index (χ3n) is 3.52. The molecule has 1 aromatic heterocycles. The van der Waals surface area contributed by atoms with E-state index >= 15 is 0 Å². The molecule has 3 aromatic rings. The van der Waals surface area contributed by atoms with Crippen LogP contribution < -0.4 is 10.1 Å². The largest absolute Gasteiger partial charge is 0.484 e. The van der Waals surface area contributed by atoms with Gasteiger partial charge in [-0.25, -0.2) is 4.39 Å². The average Bonchev–Trinajstić information content (AvgIpc) is 3.09. The lowest BCUT2D eigenvalue weighted by molar-refractivity contribution is 0.0919. The van der Waals surface area contributed by atoms with Gasteiger partial charge in [0.05, 0.1) is 5.02 Å². The predicted octanol–water partition coefficient (Wildman–Crippen LogP) is 5.34. The summed E-state index contributed by atoms with van der Waals surface area (Å²) in [6.07, 6.45) is 0. The van der Waals surface area contributed by atoms with Gasteiger partial charge in [-0.15, -0.1) is 0 Å². The van der Waals surface area contributed by atoms with Crippen molar-refractivity contribution in [2.45, 2.75) is 13.2 Å². The minimum atomic E-state index is -0.359. The summed E-state index contributed by atoms with van der Waals surface area (Å²) in [5.41, 5.74) is 0.791. The van der Waals surface area contributed by atoms with E-state index in [-0.39, 0.29) is 30.6 Å². The van der Waals surface area contributed by atoms with Crippen LogP contribution >= 0.6 is 27.5 Å². The van der Waals surface area contributed by atoms with Gasteiger partial charge in [0, 0.05) is 11.0 Å². The van der Waals surface area contributed by atoms with Crippen LogP contribution in [0.4, 0.5) is 4.39 Å². The van der Waals surface area contributed by atoms with E-state index in [1.807, 2.05) is 6.07 Å². The molecule has 26 heavy (non-hydrogen) atoms. The third kappa shape index (κ3) is 4.86. The van der Waals surface area contributed by atoms with Gasteiger partial charge in [-0.05, 0) is 48.0 Å². The number of carbonyl (C=O) groups is 1. The molecule has 0 aliphatic heterocycles. The summed E-state index contributed by atoms with van der Waals surface area (Å²) in [6.45, 7) is 0.423. The number of furan rings is 1. The van der Waals surface area contributed by atoms with Crippen molar-refractivity contribution in [2.24, 2.45) is 0 Å². The molecule has 1 amide bonds. The Kier molecular flexibility index (Phi) is 5.96. The Hall–Kier alpha value is -2.31. The van der Waals surface area contributed by atoms with Crippen LogP contribution in [0, 0.1) is 5.82 Å². The molecule has 4 nitrogen and oxygen atoms in total. The second-order valence-corrected chi connectivity index (χ2v) is 6.76. The Morgan fingerprint density at radius 3 is 2.65 bits per heavy atom. The van der Waals surface area contributed by atoms with Gasteiger partial charge < -0.3 is 14.5 Å². The number of amides is 1. The molecule has 0 radical (unpaired) electrons. The summed E-state index contributed by atoms with van der Waals surface area (Å²) < 4.78 is 24.8. The smallest absolute Gasteiger partial charge is 0.287 e. The fourth-order valence-electron chi connectivity index (χ4n) is 2.19. The van der Waals surface area contributed by atoms with E-state index in [2.05, 4.69) is 21.2 Å². The van der Waals surface area contributed by atoms with Crippen molar-refractivity contribution in [3.05, 3.63) is 87.0 Å². The van der Waals surface area contributed by atoms with Crippen molar-refractivity contribution in [1.82, 2.24) is 5.32 Å². The molecule has 0 saturated heterocycles. The first-order chi connectivity index (χ1) is 12.5. The topological polar surface area (TPSA) is 51.5 Å². The number of rotatable bonds is 6. The Morgan fingerprint density at radius 1 is 1.15 bits per heavy atom. The Balaban J connectivity index is 1.55. The number of carbonyl (C=O) groups excluding carboxylic acids is 1. The maximum Gasteiger partial charge on any atom is 0.287 e. The molecule has 0 spiro atoms. The van der Waals surface area contributed by atoms with Gasteiger partial charge >= 0.3 is 0 Å². The number of ether oxygens (including phenoxy) is 1. The summed E-state index contributed by atoms with van der Waals surface area (Å²) in [5.74, 6) is 0.515. The molecule has 0 aliphatic rings. The van der Waals surface area contributed by atoms with E-state index in [1.165, 1.54) is 12.1 Å². The molecule has 134 valence electrons. The molecule has 2 aromatic carbocycles. The lowest BCUT2D eigenvalue weighted by Crippen LogP contribution is -2.22. The summed E-state index contributed by atoms with van der Waals surface area (Å²) in [6, 6.07) is 14.4. The summed E-state index contributed by atoms with van der Waals surface area (Å²) >= 11 is 9.41. The van der Waals surface area contributed by atoms with Crippen LogP contribution in [0.2, 0.25) is 5.02 Å². The van der Waals surface area contributed by atoms with E-state index in [1.54, 1.807) is 36.4 Å². The van der Waals surface area contributed by atoms with Gasteiger partial charge in [0.25, 0.3) is 5.91 Å². The fourth-order valence-corrected chi connectivity index (χ4v) is 2.92. The maximum absolute atomic E-state index is 12.9.